The first-order valence-corrected chi connectivity index (χ1v) is 4.81. The second-order valence-electron chi connectivity index (χ2n) is 4.25. The van der Waals surface area contributed by atoms with Gasteiger partial charge in [0.15, 0.2) is 0 Å². The number of amides is 1. The minimum absolute atomic E-state index is 0.117. The smallest absolute Gasteiger partial charge is 0.255 e. The maximum Gasteiger partial charge on any atom is 0.255 e. The zero-order chi connectivity index (χ0) is 12.3. The second kappa shape index (κ2) is 4.49. The van der Waals surface area contributed by atoms with E-state index in [0.29, 0.717) is 0 Å². The summed E-state index contributed by atoms with van der Waals surface area (Å²) in [4.78, 5) is 11.0. The van der Waals surface area contributed by atoms with Crippen LogP contribution in [0.5, 0.6) is 5.75 Å². The standard InChI is InChI=1S/C11H15FN2O2/c1-11(2,14)6-16-8-5-3-4-7(12)9(8)10(13)15/h3-5H,6,14H2,1-2H3,(H2,13,15). The van der Waals surface area contributed by atoms with E-state index < -0.39 is 17.3 Å². The summed E-state index contributed by atoms with van der Waals surface area (Å²) in [5.74, 6) is -1.44. The highest BCUT2D eigenvalue weighted by atomic mass is 19.1. The van der Waals surface area contributed by atoms with Crippen LogP contribution in [0, 0.1) is 5.82 Å². The summed E-state index contributed by atoms with van der Waals surface area (Å²) in [5, 5.41) is 0. The van der Waals surface area contributed by atoms with Crippen molar-refractivity contribution in [1.29, 1.82) is 0 Å². The molecule has 0 aliphatic carbocycles. The van der Waals surface area contributed by atoms with Crippen LogP contribution in [0.25, 0.3) is 0 Å². The van der Waals surface area contributed by atoms with Crippen LogP contribution in [0.15, 0.2) is 18.2 Å². The van der Waals surface area contributed by atoms with E-state index in [9.17, 15) is 9.18 Å². The maximum atomic E-state index is 13.3. The number of benzene rings is 1. The number of halogens is 1. The Hall–Kier alpha value is -1.62. The van der Waals surface area contributed by atoms with Gasteiger partial charge in [-0.25, -0.2) is 4.39 Å². The van der Waals surface area contributed by atoms with Crippen LogP contribution in [-0.4, -0.2) is 18.1 Å². The summed E-state index contributed by atoms with van der Waals surface area (Å²) in [6.45, 7) is 3.68. The Morgan fingerprint density at radius 1 is 1.50 bits per heavy atom. The monoisotopic (exact) mass is 226 g/mol. The molecule has 0 aliphatic heterocycles. The van der Waals surface area contributed by atoms with Crippen molar-refractivity contribution in [3.63, 3.8) is 0 Å². The SMILES string of the molecule is CC(C)(N)COc1cccc(F)c1C(N)=O. The van der Waals surface area contributed by atoms with Crippen molar-refractivity contribution in [2.75, 3.05) is 6.61 Å². The van der Waals surface area contributed by atoms with E-state index in [1.807, 2.05) is 0 Å². The molecule has 4 N–H and O–H groups in total. The predicted molar refractivity (Wildman–Crippen MR) is 58.7 cm³/mol. The van der Waals surface area contributed by atoms with E-state index in [1.54, 1.807) is 13.8 Å². The number of hydrogen-bond donors (Lipinski definition) is 2. The van der Waals surface area contributed by atoms with Crippen LogP contribution in [-0.2, 0) is 0 Å². The Morgan fingerprint density at radius 3 is 2.62 bits per heavy atom. The van der Waals surface area contributed by atoms with Crippen LogP contribution < -0.4 is 16.2 Å². The third kappa shape index (κ3) is 3.20. The molecule has 0 saturated heterocycles. The van der Waals surface area contributed by atoms with E-state index in [2.05, 4.69) is 0 Å². The molecule has 1 aromatic carbocycles. The third-order valence-corrected chi connectivity index (χ3v) is 1.82. The number of nitrogens with two attached hydrogens (primary N) is 2. The number of rotatable bonds is 4. The average Bonchev–Trinajstić information content (AvgIpc) is 2.12. The van der Waals surface area contributed by atoms with Crippen molar-refractivity contribution in [1.82, 2.24) is 0 Å². The summed E-state index contributed by atoms with van der Waals surface area (Å²) < 4.78 is 18.6. The van der Waals surface area contributed by atoms with E-state index in [-0.39, 0.29) is 17.9 Å². The van der Waals surface area contributed by atoms with Gasteiger partial charge in [0.1, 0.15) is 23.7 Å². The van der Waals surface area contributed by atoms with E-state index >= 15 is 0 Å². The third-order valence-electron chi connectivity index (χ3n) is 1.82. The van der Waals surface area contributed by atoms with Gasteiger partial charge in [0.05, 0.1) is 0 Å². The Morgan fingerprint density at radius 2 is 2.12 bits per heavy atom. The molecule has 1 rings (SSSR count). The molecule has 1 amide bonds. The topological polar surface area (TPSA) is 78.3 Å². The van der Waals surface area contributed by atoms with Crippen LogP contribution in [0.2, 0.25) is 0 Å². The summed E-state index contributed by atoms with van der Waals surface area (Å²) in [7, 11) is 0. The van der Waals surface area contributed by atoms with Crippen molar-refractivity contribution in [3.8, 4) is 5.75 Å². The average molecular weight is 226 g/mol. The van der Waals surface area contributed by atoms with Gasteiger partial charge < -0.3 is 16.2 Å². The Bertz CT molecular complexity index is 399. The van der Waals surface area contributed by atoms with Crippen molar-refractivity contribution in [3.05, 3.63) is 29.6 Å². The fraction of sp³-hybridized carbons (Fsp3) is 0.364. The molecule has 0 saturated carbocycles. The van der Waals surface area contributed by atoms with Gasteiger partial charge in [-0.3, -0.25) is 4.79 Å². The number of primary amides is 1. The molecule has 0 atom stereocenters. The van der Waals surface area contributed by atoms with Gasteiger partial charge in [-0.15, -0.1) is 0 Å². The van der Waals surface area contributed by atoms with Gasteiger partial charge in [-0.1, -0.05) is 6.07 Å². The van der Waals surface area contributed by atoms with Gasteiger partial charge in [-0.2, -0.15) is 0 Å². The fourth-order valence-corrected chi connectivity index (χ4v) is 1.13. The van der Waals surface area contributed by atoms with Crippen molar-refractivity contribution < 1.29 is 13.9 Å². The minimum atomic E-state index is -0.858. The van der Waals surface area contributed by atoms with Gasteiger partial charge in [-0.05, 0) is 26.0 Å². The highest BCUT2D eigenvalue weighted by Gasteiger charge is 2.18. The molecule has 0 bridgehead atoms. The van der Waals surface area contributed by atoms with Gasteiger partial charge in [0, 0.05) is 5.54 Å². The lowest BCUT2D eigenvalue weighted by Crippen LogP contribution is -2.39. The number of hydrogen-bond acceptors (Lipinski definition) is 3. The number of ether oxygens (including phenoxy) is 1. The largest absolute Gasteiger partial charge is 0.491 e. The van der Waals surface area contributed by atoms with Crippen molar-refractivity contribution in [2.24, 2.45) is 11.5 Å². The predicted octanol–water partition coefficient (Wildman–Crippen LogP) is 1.04. The van der Waals surface area contributed by atoms with Gasteiger partial charge >= 0.3 is 0 Å². The molecule has 0 aliphatic rings. The molecule has 0 spiro atoms. The second-order valence-corrected chi connectivity index (χ2v) is 4.25. The van der Waals surface area contributed by atoms with E-state index in [0.717, 1.165) is 6.07 Å². The van der Waals surface area contributed by atoms with Crippen LogP contribution in [0.1, 0.15) is 24.2 Å². The van der Waals surface area contributed by atoms with Gasteiger partial charge in [0.25, 0.3) is 5.91 Å². The molecule has 1 aromatic rings. The summed E-state index contributed by atoms with van der Waals surface area (Å²) in [6, 6.07) is 4.08. The van der Waals surface area contributed by atoms with E-state index in [4.69, 9.17) is 16.2 Å². The first kappa shape index (κ1) is 12.4. The molecule has 0 heterocycles. The Kier molecular flexibility index (Phi) is 3.49. The first-order valence-electron chi connectivity index (χ1n) is 4.81. The number of carbonyl (C=O) groups excluding carboxylic acids is 1. The molecular weight excluding hydrogens is 211 g/mol. The Labute approximate surface area is 93.4 Å². The molecule has 0 aromatic heterocycles. The lowest BCUT2D eigenvalue weighted by molar-refractivity contribution is 0.0990. The molecule has 0 fully saturated rings. The van der Waals surface area contributed by atoms with Crippen LogP contribution in [0.3, 0.4) is 0 Å². The van der Waals surface area contributed by atoms with Crippen molar-refractivity contribution in [2.45, 2.75) is 19.4 Å². The van der Waals surface area contributed by atoms with Crippen molar-refractivity contribution >= 4 is 5.91 Å². The fourth-order valence-electron chi connectivity index (χ4n) is 1.13. The summed E-state index contributed by atoms with van der Waals surface area (Å²) >= 11 is 0. The molecule has 5 heteroatoms. The molecular formula is C11H15FN2O2. The number of carbonyl (C=O) groups is 1. The summed E-state index contributed by atoms with van der Waals surface area (Å²) in [6.07, 6.45) is 0. The zero-order valence-corrected chi connectivity index (χ0v) is 9.29. The first-order chi connectivity index (χ1) is 7.31. The normalized spacial score (nSPS) is 11.2. The minimum Gasteiger partial charge on any atom is -0.491 e. The quantitative estimate of drug-likeness (QED) is 0.805. The van der Waals surface area contributed by atoms with Crippen LogP contribution >= 0.6 is 0 Å². The molecule has 88 valence electrons. The van der Waals surface area contributed by atoms with E-state index in [1.165, 1.54) is 12.1 Å². The van der Waals surface area contributed by atoms with Gasteiger partial charge in [0.2, 0.25) is 0 Å². The lowest BCUT2D eigenvalue weighted by Gasteiger charge is -2.20. The molecule has 4 nitrogen and oxygen atoms in total. The molecule has 0 unspecified atom stereocenters. The zero-order valence-electron chi connectivity index (χ0n) is 9.29. The lowest BCUT2D eigenvalue weighted by atomic mass is 10.1. The highest BCUT2D eigenvalue weighted by molar-refractivity contribution is 5.95. The highest BCUT2D eigenvalue weighted by Crippen LogP contribution is 2.21. The molecule has 16 heavy (non-hydrogen) atoms. The van der Waals surface area contributed by atoms with Crippen LogP contribution in [0.4, 0.5) is 4.39 Å². The maximum absolute atomic E-state index is 13.3. The molecule has 0 radical (unpaired) electrons. The summed E-state index contributed by atoms with van der Waals surface area (Å²) in [5.41, 5.74) is 9.97. The Balaban J connectivity index is 2.96.